The Kier molecular flexibility index (Phi) is 6.21. The van der Waals surface area contributed by atoms with E-state index in [0.717, 1.165) is 18.5 Å². The van der Waals surface area contributed by atoms with E-state index in [1.807, 2.05) is 32.6 Å². The molecule has 0 N–H and O–H groups in total. The van der Waals surface area contributed by atoms with Crippen molar-refractivity contribution >= 4 is 5.91 Å². The molecule has 1 aliphatic heterocycles. The van der Waals surface area contributed by atoms with Crippen molar-refractivity contribution in [1.29, 1.82) is 0 Å². The van der Waals surface area contributed by atoms with Gasteiger partial charge in [-0.05, 0) is 24.0 Å². The Morgan fingerprint density at radius 2 is 2.00 bits per heavy atom. The molecule has 0 spiro atoms. The third-order valence-corrected chi connectivity index (χ3v) is 4.46. The normalized spacial score (nSPS) is 16.9. The largest absolute Gasteiger partial charge is 0.491 e. The number of hydrogen-bond donors (Lipinski definition) is 0. The van der Waals surface area contributed by atoms with E-state index in [2.05, 4.69) is 0 Å². The molecule has 1 heterocycles. The number of benzene rings is 1. The van der Waals surface area contributed by atoms with Crippen molar-refractivity contribution in [3.63, 3.8) is 0 Å². The predicted octanol–water partition coefficient (Wildman–Crippen LogP) is 3.60. The first-order valence-electron chi connectivity index (χ1n) is 8.60. The minimum atomic E-state index is -0.300. The van der Waals surface area contributed by atoms with Crippen molar-refractivity contribution in [2.45, 2.75) is 40.0 Å². The van der Waals surface area contributed by atoms with Crippen LogP contribution < -0.4 is 4.74 Å². The fourth-order valence-electron chi connectivity index (χ4n) is 2.86. The van der Waals surface area contributed by atoms with Crippen LogP contribution in [0.4, 0.5) is 4.39 Å². The van der Waals surface area contributed by atoms with Gasteiger partial charge in [0.15, 0.2) is 0 Å². The molecule has 1 aromatic rings. The summed E-state index contributed by atoms with van der Waals surface area (Å²) in [6.07, 6.45) is 0.895. The van der Waals surface area contributed by atoms with Gasteiger partial charge in [0.05, 0.1) is 13.2 Å². The Morgan fingerprint density at radius 3 is 2.62 bits per heavy atom. The standard InChI is InChI=1S/C19H28FNO3/c1-14(2)16-6-5-15(20)13-17(16)24-12-11-23-10-9-21-8-7-19(3,4)18(21)22/h5-6,13-14H,7-12H2,1-4H3. The van der Waals surface area contributed by atoms with Crippen LogP contribution in [0.2, 0.25) is 0 Å². The molecule has 0 unspecified atom stereocenters. The molecule has 134 valence electrons. The topological polar surface area (TPSA) is 38.8 Å². The van der Waals surface area contributed by atoms with Crippen LogP contribution >= 0.6 is 0 Å². The summed E-state index contributed by atoms with van der Waals surface area (Å²) in [6.45, 7) is 10.7. The Bertz CT molecular complexity index is 572. The van der Waals surface area contributed by atoms with Crippen LogP contribution in [-0.4, -0.2) is 43.7 Å². The van der Waals surface area contributed by atoms with Crippen molar-refractivity contribution in [2.75, 3.05) is 32.9 Å². The Hall–Kier alpha value is -1.62. The number of likely N-dealkylation sites (tertiary alicyclic amines) is 1. The summed E-state index contributed by atoms with van der Waals surface area (Å²) in [4.78, 5) is 13.9. The molecule has 4 nitrogen and oxygen atoms in total. The summed E-state index contributed by atoms with van der Waals surface area (Å²) in [5, 5.41) is 0. The molecule has 5 heteroatoms. The molecule has 0 aromatic heterocycles. The average Bonchev–Trinajstić information content (AvgIpc) is 2.77. The van der Waals surface area contributed by atoms with Gasteiger partial charge in [-0.15, -0.1) is 0 Å². The van der Waals surface area contributed by atoms with Gasteiger partial charge in [0, 0.05) is 24.6 Å². The predicted molar refractivity (Wildman–Crippen MR) is 91.8 cm³/mol. The summed E-state index contributed by atoms with van der Waals surface area (Å²) in [5.74, 6) is 0.741. The van der Waals surface area contributed by atoms with Crippen molar-refractivity contribution < 1.29 is 18.7 Å². The number of hydrogen-bond acceptors (Lipinski definition) is 3. The lowest BCUT2D eigenvalue weighted by Gasteiger charge is -2.19. The number of nitrogens with zero attached hydrogens (tertiary/aromatic N) is 1. The quantitative estimate of drug-likeness (QED) is 0.680. The monoisotopic (exact) mass is 337 g/mol. The van der Waals surface area contributed by atoms with Gasteiger partial charge in [-0.25, -0.2) is 4.39 Å². The fraction of sp³-hybridized carbons (Fsp3) is 0.632. The zero-order valence-corrected chi connectivity index (χ0v) is 15.1. The maximum Gasteiger partial charge on any atom is 0.228 e. The summed E-state index contributed by atoms with van der Waals surface area (Å²) in [7, 11) is 0. The molecular formula is C19H28FNO3. The molecule has 0 radical (unpaired) electrons. The van der Waals surface area contributed by atoms with Gasteiger partial charge in [-0.1, -0.05) is 33.8 Å². The molecule has 0 saturated carbocycles. The van der Waals surface area contributed by atoms with E-state index < -0.39 is 0 Å². The van der Waals surface area contributed by atoms with E-state index in [-0.39, 0.29) is 23.1 Å². The Morgan fingerprint density at radius 1 is 1.25 bits per heavy atom. The second kappa shape index (κ2) is 7.97. The van der Waals surface area contributed by atoms with Crippen LogP contribution in [0.1, 0.15) is 45.6 Å². The highest BCUT2D eigenvalue weighted by molar-refractivity contribution is 5.83. The third kappa shape index (κ3) is 4.69. The van der Waals surface area contributed by atoms with Crippen molar-refractivity contribution in [3.05, 3.63) is 29.6 Å². The van der Waals surface area contributed by atoms with Crippen molar-refractivity contribution in [3.8, 4) is 5.75 Å². The number of amides is 1. The van der Waals surface area contributed by atoms with Crippen LogP contribution in [0, 0.1) is 11.2 Å². The minimum absolute atomic E-state index is 0.198. The second-order valence-electron chi connectivity index (χ2n) is 7.22. The Balaban J connectivity index is 1.69. The van der Waals surface area contributed by atoms with Crippen LogP contribution in [-0.2, 0) is 9.53 Å². The number of rotatable bonds is 8. The molecule has 1 fully saturated rings. The molecule has 2 rings (SSSR count). The van der Waals surface area contributed by atoms with Crippen molar-refractivity contribution in [2.24, 2.45) is 5.41 Å². The van der Waals surface area contributed by atoms with Gasteiger partial charge in [-0.3, -0.25) is 4.79 Å². The summed E-state index contributed by atoms with van der Waals surface area (Å²) in [6, 6.07) is 4.63. The van der Waals surface area contributed by atoms with Crippen LogP contribution in [0.3, 0.4) is 0 Å². The average molecular weight is 337 g/mol. The number of ether oxygens (including phenoxy) is 2. The maximum atomic E-state index is 13.4. The van der Waals surface area contributed by atoms with E-state index in [0.29, 0.717) is 32.1 Å². The van der Waals surface area contributed by atoms with E-state index >= 15 is 0 Å². The van der Waals surface area contributed by atoms with Crippen LogP contribution in [0.5, 0.6) is 5.75 Å². The highest BCUT2D eigenvalue weighted by atomic mass is 19.1. The molecule has 0 atom stereocenters. The summed E-state index contributed by atoms with van der Waals surface area (Å²) < 4.78 is 24.6. The highest BCUT2D eigenvalue weighted by Crippen LogP contribution is 2.30. The number of halogens is 1. The van der Waals surface area contributed by atoms with E-state index in [4.69, 9.17) is 9.47 Å². The summed E-state index contributed by atoms with van der Waals surface area (Å²) >= 11 is 0. The van der Waals surface area contributed by atoms with Gasteiger partial charge in [0.1, 0.15) is 18.2 Å². The zero-order valence-electron chi connectivity index (χ0n) is 15.1. The summed E-state index contributed by atoms with van der Waals surface area (Å²) in [5.41, 5.74) is 0.745. The molecule has 1 aromatic carbocycles. The van der Waals surface area contributed by atoms with E-state index in [9.17, 15) is 9.18 Å². The van der Waals surface area contributed by atoms with Gasteiger partial charge >= 0.3 is 0 Å². The molecule has 1 amide bonds. The fourth-order valence-corrected chi connectivity index (χ4v) is 2.86. The third-order valence-electron chi connectivity index (χ3n) is 4.46. The van der Waals surface area contributed by atoms with Crippen LogP contribution in [0.15, 0.2) is 18.2 Å². The maximum absolute atomic E-state index is 13.4. The van der Waals surface area contributed by atoms with Gasteiger partial charge in [0.25, 0.3) is 0 Å². The van der Waals surface area contributed by atoms with Crippen molar-refractivity contribution in [1.82, 2.24) is 4.90 Å². The lowest BCUT2D eigenvalue weighted by atomic mass is 9.92. The zero-order chi connectivity index (χ0) is 17.7. The van der Waals surface area contributed by atoms with E-state index in [1.54, 1.807) is 6.07 Å². The lowest BCUT2D eigenvalue weighted by Crippen LogP contribution is -2.33. The first-order chi connectivity index (χ1) is 11.3. The highest BCUT2D eigenvalue weighted by Gasteiger charge is 2.37. The molecule has 0 bridgehead atoms. The smallest absolute Gasteiger partial charge is 0.228 e. The molecule has 24 heavy (non-hydrogen) atoms. The molecule has 1 saturated heterocycles. The van der Waals surface area contributed by atoms with Gasteiger partial charge in [0.2, 0.25) is 5.91 Å². The van der Waals surface area contributed by atoms with Gasteiger partial charge in [-0.2, -0.15) is 0 Å². The lowest BCUT2D eigenvalue weighted by molar-refractivity contribution is -0.135. The number of carbonyl (C=O) groups excluding carboxylic acids is 1. The SMILES string of the molecule is CC(C)c1ccc(F)cc1OCCOCCN1CCC(C)(C)C1=O. The Labute approximate surface area is 143 Å². The first-order valence-corrected chi connectivity index (χ1v) is 8.60. The molecule has 0 aliphatic carbocycles. The second-order valence-corrected chi connectivity index (χ2v) is 7.22. The molecular weight excluding hydrogens is 309 g/mol. The van der Waals surface area contributed by atoms with E-state index in [1.165, 1.54) is 12.1 Å². The minimum Gasteiger partial charge on any atom is -0.491 e. The van der Waals surface area contributed by atoms with Gasteiger partial charge < -0.3 is 14.4 Å². The first kappa shape index (κ1) is 18.7. The van der Waals surface area contributed by atoms with Crippen LogP contribution in [0.25, 0.3) is 0 Å². The number of carbonyl (C=O) groups is 1. The molecule has 1 aliphatic rings.